The number of hydrogen-bond donors (Lipinski definition) is 1. The van der Waals surface area contributed by atoms with Crippen molar-refractivity contribution in [3.8, 4) is 0 Å². The first-order chi connectivity index (χ1) is 7.00. The molecule has 0 saturated heterocycles. The van der Waals surface area contributed by atoms with Crippen molar-refractivity contribution in [2.45, 2.75) is 13.0 Å². The lowest BCUT2D eigenvalue weighted by atomic mass is 10.3. The van der Waals surface area contributed by atoms with Crippen LogP contribution in [0, 0.1) is 0 Å². The van der Waals surface area contributed by atoms with E-state index in [1.807, 2.05) is 0 Å². The van der Waals surface area contributed by atoms with Crippen molar-refractivity contribution in [2.75, 3.05) is 19.4 Å². The van der Waals surface area contributed by atoms with Gasteiger partial charge in [-0.3, -0.25) is 4.79 Å². The van der Waals surface area contributed by atoms with Crippen LogP contribution in [0.25, 0.3) is 0 Å². The fraction of sp³-hybridized carbons (Fsp3) is 0.400. The van der Waals surface area contributed by atoms with Crippen molar-refractivity contribution >= 4 is 23.2 Å². The average molecular weight is 228 g/mol. The number of aromatic nitrogens is 1. The molecule has 1 aromatic heterocycles. The lowest BCUT2D eigenvalue weighted by Gasteiger charge is -2.18. The topological polar surface area (TPSA) is 45.2 Å². The van der Waals surface area contributed by atoms with Crippen molar-refractivity contribution in [3.05, 3.63) is 23.5 Å². The third kappa shape index (κ3) is 3.40. The van der Waals surface area contributed by atoms with E-state index in [1.54, 1.807) is 44.2 Å². The lowest BCUT2D eigenvalue weighted by molar-refractivity contribution is -0.129. The van der Waals surface area contributed by atoms with E-state index in [4.69, 9.17) is 11.6 Å². The molecule has 0 bridgehead atoms. The molecular formula is C10H14ClN3O. The first kappa shape index (κ1) is 11.8. The first-order valence-electron chi connectivity index (χ1n) is 4.60. The van der Waals surface area contributed by atoms with E-state index in [9.17, 15) is 4.79 Å². The van der Waals surface area contributed by atoms with E-state index in [0.29, 0.717) is 5.15 Å². The van der Waals surface area contributed by atoms with Gasteiger partial charge in [0.05, 0.1) is 0 Å². The van der Waals surface area contributed by atoms with E-state index in [0.717, 1.165) is 5.69 Å². The van der Waals surface area contributed by atoms with Crippen LogP contribution in [0.4, 0.5) is 5.69 Å². The molecule has 0 radical (unpaired) electrons. The van der Waals surface area contributed by atoms with Crippen LogP contribution < -0.4 is 5.32 Å². The highest BCUT2D eigenvalue weighted by Crippen LogP contribution is 2.13. The minimum absolute atomic E-state index is 0.0166. The summed E-state index contributed by atoms with van der Waals surface area (Å²) in [4.78, 5) is 16.9. The molecule has 15 heavy (non-hydrogen) atoms. The van der Waals surface area contributed by atoms with Crippen molar-refractivity contribution in [2.24, 2.45) is 0 Å². The van der Waals surface area contributed by atoms with Gasteiger partial charge in [0.2, 0.25) is 5.91 Å². The number of pyridine rings is 1. The molecule has 1 heterocycles. The number of anilines is 1. The number of amides is 1. The van der Waals surface area contributed by atoms with Crippen LogP contribution in [-0.2, 0) is 4.79 Å². The van der Waals surface area contributed by atoms with Gasteiger partial charge in [-0.1, -0.05) is 11.6 Å². The number of carbonyl (C=O) groups excluding carboxylic acids is 1. The minimum atomic E-state index is -0.279. The first-order valence-corrected chi connectivity index (χ1v) is 4.97. The summed E-state index contributed by atoms with van der Waals surface area (Å²) < 4.78 is 0. The van der Waals surface area contributed by atoms with E-state index >= 15 is 0 Å². The Kier molecular flexibility index (Phi) is 3.91. The van der Waals surface area contributed by atoms with Gasteiger partial charge in [0.1, 0.15) is 11.2 Å². The van der Waals surface area contributed by atoms with Gasteiger partial charge in [-0.05, 0) is 19.1 Å². The number of rotatable bonds is 3. The van der Waals surface area contributed by atoms with Gasteiger partial charge in [-0.2, -0.15) is 0 Å². The van der Waals surface area contributed by atoms with Gasteiger partial charge in [-0.15, -0.1) is 0 Å². The zero-order valence-corrected chi connectivity index (χ0v) is 9.75. The van der Waals surface area contributed by atoms with Crippen LogP contribution in [0.5, 0.6) is 0 Å². The number of halogens is 1. The number of nitrogens with zero attached hydrogens (tertiary/aromatic N) is 2. The van der Waals surface area contributed by atoms with Crippen LogP contribution in [0.1, 0.15) is 6.92 Å². The Morgan fingerprint density at radius 2 is 2.27 bits per heavy atom. The van der Waals surface area contributed by atoms with Gasteiger partial charge < -0.3 is 10.2 Å². The van der Waals surface area contributed by atoms with E-state index in [1.165, 1.54) is 0 Å². The number of likely N-dealkylation sites (N-methyl/N-ethyl adjacent to an activating group) is 1. The van der Waals surface area contributed by atoms with Crippen LogP contribution in [0.3, 0.4) is 0 Å². The Morgan fingerprint density at radius 1 is 1.60 bits per heavy atom. The van der Waals surface area contributed by atoms with Crippen molar-refractivity contribution < 1.29 is 4.79 Å². The Balaban J connectivity index is 2.66. The molecule has 1 aromatic rings. The fourth-order valence-electron chi connectivity index (χ4n) is 1.19. The normalized spacial score (nSPS) is 12.0. The molecule has 1 N–H and O–H groups in total. The summed E-state index contributed by atoms with van der Waals surface area (Å²) in [5.41, 5.74) is 0.790. The fourth-order valence-corrected chi connectivity index (χ4v) is 1.37. The lowest BCUT2D eigenvalue weighted by Crippen LogP contribution is -2.36. The van der Waals surface area contributed by atoms with E-state index in [2.05, 4.69) is 10.3 Å². The molecule has 0 aliphatic rings. The summed E-state index contributed by atoms with van der Waals surface area (Å²) >= 11 is 5.72. The number of nitrogens with one attached hydrogen (secondary N) is 1. The third-order valence-corrected chi connectivity index (χ3v) is 2.13. The van der Waals surface area contributed by atoms with Crippen LogP contribution in [0.15, 0.2) is 18.3 Å². The summed E-state index contributed by atoms with van der Waals surface area (Å²) in [6.45, 7) is 1.80. The zero-order chi connectivity index (χ0) is 11.4. The van der Waals surface area contributed by atoms with Gasteiger partial charge in [-0.25, -0.2) is 4.98 Å². The highest BCUT2D eigenvalue weighted by molar-refractivity contribution is 6.29. The maximum Gasteiger partial charge on any atom is 0.244 e. The molecule has 0 aliphatic carbocycles. The molecule has 0 saturated carbocycles. The summed E-state index contributed by atoms with van der Waals surface area (Å²) in [5.74, 6) is 0.0166. The zero-order valence-electron chi connectivity index (χ0n) is 8.99. The second-order valence-corrected chi connectivity index (χ2v) is 3.85. The standard InChI is InChI=1S/C10H14ClN3O/c1-7(10(15)14(2)3)13-8-4-5-12-9(11)6-8/h4-7H,1-3H3,(H,12,13). The molecule has 1 amide bonds. The quantitative estimate of drug-likeness (QED) is 0.799. The molecule has 0 aliphatic heterocycles. The Hall–Kier alpha value is -1.29. The predicted molar refractivity (Wildman–Crippen MR) is 61.0 cm³/mol. The van der Waals surface area contributed by atoms with E-state index < -0.39 is 0 Å². The highest BCUT2D eigenvalue weighted by Gasteiger charge is 2.14. The van der Waals surface area contributed by atoms with Crippen LogP contribution >= 0.6 is 11.6 Å². The second kappa shape index (κ2) is 4.98. The number of carbonyl (C=O) groups is 1. The summed E-state index contributed by atoms with van der Waals surface area (Å²) in [7, 11) is 3.44. The van der Waals surface area contributed by atoms with Gasteiger partial charge in [0.15, 0.2) is 0 Å². The minimum Gasteiger partial charge on any atom is -0.374 e. The molecule has 0 aromatic carbocycles. The molecule has 4 nitrogen and oxygen atoms in total. The van der Waals surface area contributed by atoms with Crippen LogP contribution in [-0.4, -0.2) is 35.9 Å². The van der Waals surface area contributed by atoms with Gasteiger partial charge in [0, 0.05) is 26.0 Å². The van der Waals surface area contributed by atoms with Crippen molar-refractivity contribution in [3.63, 3.8) is 0 Å². The average Bonchev–Trinajstić information content (AvgIpc) is 2.16. The summed E-state index contributed by atoms with van der Waals surface area (Å²) in [5, 5.41) is 3.46. The Bertz CT molecular complexity index is 354. The van der Waals surface area contributed by atoms with Crippen LogP contribution in [0.2, 0.25) is 5.15 Å². The predicted octanol–water partition coefficient (Wildman–Crippen LogP) is 1.62. The van der Waals surface area contributed by atoms with E-state index in [-0.39, 0.29) is 11.9 Å². The summed E-state index contributed by atoms with van der Waals surface area (Å²) in [6.07, 6.45) is 1.59. The molecule has 5 heteroatoms. The molecule has 82 valence electrons. The van der Waals surface area contributed by atoms with Gasteiger partial charge >= 0.3 is 0 Å². The smallest absolute Gasteiger partial charge is 0.244 e. The molecule has 1 unspecified atom stereocenters. The monoisotopic (exact) mass is 227 g/mol. The maximum atomic E-state index is 11.5. The highest BCUT2D eigenvalue weighted by atomic mass is 35.5. The third-order valence-electron chi connectivity index (χ3n) is 1.92. The van der Waals surface area contributed by atoms with Crippen molar-refractivity contribution in [1.29, 1.82) is 0 Å². The molecule has 0 fully saturated rings. The summed E-state index contributed by atoms with van der Waals surface area (Å²) in [6, 6.07) is 3.17. The largest absolute Gasteiger partial charge is 0.374 e. The molecule has 0 spiro atoms. The SMILES string of the molecule is CC(Nc1ccnc(Cl)c1)C(=O)N(C)C. The Labute approximate surface area is 94.3 Å². The van der Waals surface area contributed by atoms with Crippen molar-refractivity contribution in [1.82, 2.24) is 9.88 Å². The number of hydrogen-bond acceptors (Lipinski definition) is 3. The molecule has 1 rings (SSSR count). The maximum absolute atomic E-state index is 11.5. The molecular weight excluding hydrogens is 214 g/mol. The molecule has 1 atom stereocenters. The second-order valence-electron chi connectivity index (χ2n) is 3.47. The Morgan fingerprint density at radius 3 is 2.80 bits per heavy atom. The van der Waals surface area contributed by atoms with Gasteiger partial charge in [0.25, 0.3) is 0 Å².